The molecule has 0 unspecified atom stereocenters. The van der Waals surface area contributed by atoms with E-state index < -0.39 is 18.5 Å². The molecular weight excluding hydrogens is 448 g/mol. The van der Waals surface area contributed by atoms with Crippen LogP contribution in [0, 0.1) is 6.92 Å². The molecule has 0 bridgehead atoms. The van der Waals surface area contributed by atoms with Crippen molar-refractivity contribution in [3.63, 3.8) is 0 Å². The van der Waals surface area contributed by atoms with Crippen LogP contribution in [0.4, 0.5) is 8.78 Å². The van der Waals surface area contributed by atoms with E-state index in [0.717, 1.165) is 22.8 Å². The Balaban J connectivity index is 1.39. The van der Waals surface area contributed by atoms with E-state index in [9.17, 15) is 13.6 Å². The first-order valence-corrected chi connectivity index (χ1v) is 10.5. The van der Waals surface area contributed by atoms with Crippen molar-refractivity contribution in [1.29, 1.82) is 0 Å². The molecule has 0 spiro atoms. The number of alkyl halides is 2. The van der Waals surface area contributed by atoms with Crippen molar-refractivity contribution in [2.75, 3.05) is 6.54 Å². The van der Waals surface area contributed by atoms with Crippen LogP contribution in [0.2, 0.25) is 0 Å². The van der Waals surface area contributed by atoms with Crippen LogP contribution in [0.15, 0.2) is 51.7 Å². The van der Waals surface area contributed by atoms with Gasteiger partial charge in [0.15, 0.2) is 0 Å². The number of hydrogen-bond donors (Lipinski definition) is 1. The number of amides is 1. The van der Waals surface area contributed by atoms with Gasteiger partial charge in [0, 0.05) is 35.8 Å². The Morgan fingerprint density at radius 3 is 2.85 bits per heavy atom. The predicted molar refractivity (Wildman–Crippen MR) is 113 cm³/mol. The summed E-state index contributed by atoms with van der Waals surface area (Å²) < 4.78 is 37.8. The lowest BCUT2D eigenvalue weighted by atomic mass is 9.97. The largest absolute Gasteiger partial charge is 0.458 e. The van der Waals surface area contributed by atoms with Gasteiger partial charge in [-0.3, -0.25) is 4.79 Å². The van der Waals surface area contributed by atoms with Gasteiger partial charge in [-0.1, -0.05) is 18.2 Å². The second-order valence-electron chi connectivity index (χ2n) is 7.88. The lowest BCUT2D eigenvalue weighted by Crippen LogP contribution is -2.41. The number of furan rings is 1. The van der Waals surface area contributed by atoms with Gasteiger partial charge < -0.3 is 18.7 Å². The monoisotopic (exact) mass is 465 g/mol. The zero-order valence-corrected chi connectivity index (χ0v) is 17.8. The first-order valence-electron chi connectivity index (χ1n) is 10.5. The second kappa shape index (κ2) is 7.61. The number of aromatic amines is 1. The van der Waals surface area contributed by atoms with Crippen molar-refractivity contribution >= 4 is 16.9 Å². The number of carbonyl (C=O) groups excluding carboxylic acids is 1. The van der Waals surface area contributed by atoms with E-state index in [4.69, 9.17) is 8.83 Å². The van der Waals surface area contributed by atoms with E-state index in [1.807, 2.05) is 31.2 Å². The predicted octanol–water partition coefficient (Wildman–Crippen LogP) is 3.89. The van der Waals surface area contributed by atoms with E-state index in [-0.39, 0.29) is 17.5 Å². The number of halogens is 2. The van der Waals surface area contributed by atoms with Crippen LogP contribution in [0.1, 0.15) is 46.0 Å². The van der Waals surface area contributed by atoms with Gasteiger partial charge in [0.2, 0.25) is 0 Å². The fraction of sp³-hybridized carbons (Fsp3) is 0.227. The summed E-state index contributed by atoms with van der Waals surface area (Å²) in [5, 5.41) is 12.3. The van der Waals surface area contributed by atoms with Gasteiger partial charge in [0.25, 0.3) is 5.89 Å². The van der Waals surface area contributed by atoms with Gasteiger partial charge in [0.05, 0.1) is 12.0 Å². The van der Waals surface area contributed by atoms with Gasteiger partial charge in [0.1, 0.15) is 23.1 Å². The summed E-state index contributed by atoms with van der Waals surface area (Å²) in [5.74, 6) is -0.334. The van der Waals surface area contributed by atoms with Crippen molar-refractivity contribution in [3.8, 4) is 11.6 Å². The van der Waals surface area contributed by atoms with Crippen LogP contribution in [0.5, 0.6) is 0 Å². The highest BCUT2D eigenvalue weighted by molar-refractivity contribution is 5.91. The number of nitrogens with zero attached hydrogens (tertiary/aromatic N) is 6. The van der Waals surface area contributed by atoms with Crippen molar-refractivity contribution in [1.82, 2.24) is 34.8 Å². The number of benzene rings is 1. The first kappa shape index (κ1) is 20.3. The summed E-state index contributed by atoms with van der Waals surface area (Å²) in [6, 6.07) is 8.34. The van der Waals surface area contributed by atoms with Gasteiger partial charge in [-0.15, -0.1) is 10.2 Å². The average molecular weight is 465 g/mol. The molecule has 4 aromatic heterocycles. The van der Waals surface area contributed by atoms with E-state index in [1.54, 1.807) is 11.2 Å². The smallest absolute Gasteiger partial charge is 0.333 e. The molecule has 10 nitrogen and oxygen atoms in total. The molecule has 12 heteroatoms. The number of fused-ring (bicyclic) bond motifs is 2. The maximum absolute atomic E-state index is 13.5. The quantitative estimate of drug-likeness (QED) is 0.428. The molecule has 34 heavy (non-hydrogen) atoms. The van der Waals surface area contributed by atoms with Crippen LogP contribution < -0.4 is 0 Å². The number of aryl methyl sites for hydroxylation is 1. The lowest BCUT2D eigenvalue weighted by molar-refractivity contribution is 0.0566. The molecule has 0 radical (unpaired) electrons. The first-order chi connectivity index (χ1) is 16.5. The van der Waals surface area contributed by atoms with Crippen LogP contribution in [-0.2, 0) is 6.42 Å². The lowest BCUT2D eigenvalue weighted by Gasteiger charge is -2.33. The standard InChI is InChI=1S/C22H17F2N7O3/c1-11-12-4-2-3-5-15(12)33-18(11)17-16-13(25-10-26-16)6-8-30(17)21(32)20-28-27-19(34-20)14-7-9-31(29-14)22(23)24/h2-5,7,9-10,17,22H,6,8H2,1H3,(H,25,26)/t17-/m1/s1. The Bertz CT molecular complexity index is 1520. The number of hydrogen-bond acceptors (Lipinski definition) is 7. The molecule has 0 saturated heterocycles. The third-order valence-electron chi connectivity index (χ3n) is 5.95. The minimum absolute atomic E-state index is 0.0461. The maximum Gasteiger partial charge on any atom is 0.333 e. The third kappa shape index (κ3) is 3.10. The molecule has 6 rings (SSSR count). The highest BCUT2D eigenvalue weighted by Crippen LogP contribution is 2.39. The zero-order chi connectivity index (χ0) is 23.4. The summed E-state index contributed by atoms with van der Waals surface area (Å²) in [4.78, 5) is 22.7. The number of H-pyrrole nitrogens is 1. The number of imidazole rings is 1. The van der Waals surface area contributed by atoms with Crippen molar-refractivity contribution < 1.29 is 22.4 Å². The molecule has 0 fully saturated rings. The number of carbonyl (C=O) groups is 1. The minimum atomic E-state index is -2.80. The van der Waals surface area contributed by atoms with E-state index >= 15 is 0 Å². The zero-order valence-electron chi connectivity index (χ0n) is 17.8. The van der Waals surface area contributed by atoms with Crippen LogP contribution in [0.25, 0.3) is 22.6 Å². The highest BCUT2D eigenvalue weighted by Gasteiger charge is 2.39. The summed E-state index contributed by atoms with van der Waals surface area (Å²) in [7, 11) is 0. The van der Waals surface area contributed by atoms with Gasteiger partial charge >= 0.3 is 18.3 Å². The Kier molecular flexibility index (Phi) is 4.54. The fourth-order valence-corrected chi connectivity index (χ4v) is 4.31. The summed E-state index contributed by atoms with van der Waals surface area (Å²) >= 11 is 0. The van der Waals surface area contributed by atoms with Gasteiger partial charge in [-0.05, 0) is 19.1 Å². The molecule has 1 atom stereocenters. The summed E-state index contributed by atoms with van der Waals surface area (Å²) in [5.41, 5.74) is 3.25. The molecular formula is C22H17F2N7O3. The SMILES string of the molecule is Cc1c([C@H]2c3nc[nH]c3CCN2C(=O)c2nnc(-c3ccn(C(F)F)n3)o2)oc2ccccc12. The van der Waals surface area contributed by atoms with Crippen LogP contribution >= 0.6 is 0 Å². The normalized spacial score (nSPS) is 15.9. The van der Waals surface area contributed by atoms with Gasteiger partial charge in [-0.25, -0.2) is 9.67 Å². The van der Waals surface area contributed by atoms with E-state index in [2.05, 4.69) is 25.3 Å². The summed E-state index contributed by atoms with van der Waals surface area (Å²) in [6.45, 7) is -0.510. The molecule has 1 aromatic carbocycles. The fourth-order valence-electron chi connectivity index (χ4n) is 4.31. The van der Waals surface area contributed by atoms with E-state index in [1.165, 1.54) is 6.07 Å². The maximum atomic E-state index is 13.5. The molecule has 1 aliphatic heterocycles. The van der Waals surface area contributed by atoms with Crippen molar-refractivity contribution in [3.05, 3.63) is 71.5 Å². The Morgan fingerprint density at radius 2 is 2.06 bits per heavy atom. The Morgan fingerprint density at radius 1 is 1.21 bits per heavy atom. The van der Waals surface area contributed by atoms with Gasteiger partial charge in [-0.2, -0.15) is 13.9 Å². The molecule has 5 aromatic rings. The third-order valence-corrected chi connectivity index (χ3v) is 5.95. The van der Waals surface area contributed by atoms with Crippen LogP contribution in [0.3, 0.4) is 0 Å². The van der Waals surface area contributed by atoms with Crippen molar-refractivity contribution in [2.45, 2.75) is 25.9 Å². The Hall–Kier alpha value is -4.35. The van der Waals surface area contributed by atoms with Crippen molar-refractivity contribution in [2.24, 2.45) is 0 Å². The average Bonchev–Trinajstić information content (AvgIpc) is 3.64. The van der Waals surface area contributed by atoms with Crippen LogP contribution in [-0.4, -0.2) is 47.3 Å². The molecule has 1 amide bonds. The highest BCUT2D eigenvalue weighted by atomic mass is 19.3. The molecule has 0 aliphatic carbocycles. The van der Waals surface area contributed by atoms with E-state index in [0.29, 0.717) is 34.7 Å². The molecule has 5 heterocycles. The minimum Gasteiger partial charge on any atom is -0.458 e. The molecule has 0 saturated carbocycles. The number of nitrogens with one attached hydrogen (secondary N) is 1. The number of para-hydroxylation sites is 1. The molecule has 172 valence electrons. The number of aromatic nitrogens is 6. The second-order valence-corrected chi connectivity index (χ2v) is 7.88. The molecule has 1 aliphatic rings. The summed E-state index contributed by atoms with van der Waals surface area (Å²) in [6.07, 6.45) is 3.24. The Labute approximate surface area is 190 Å². The number of rotatable bonds is 4. The topological polar surface area (TPSA) is 119 Å². The molecule has 1 N–H and O–H groups in total.